The number of rotatable bonds is 6. The molecule has 4 nitrogen and oxygen atoms in total. The third-order valence-corrected chi connectivity index (χ3v) is 3.64. The molecule has 0 saturated heterocycles. The Hall–Kier alpha value is -1.52. The molecule has 2 rings (SSSR count). The molecule has 1 heterocycles. The molecule has 0 amide bonds. The molecule has 0 aliphatic rings. The maximum Gasteiger partial charge on any atom is 0.176 e. The number of methoxy groups -OCH3 is 1. The van der Waals surface area contributed by atoms with Crippen molar-refractivity contribution in [3.05, 3.63) is 30.0 Å². The highest BCUT2D eigenvalue weighted by atomic mass is 16.5. The lowest BCUT2D eigenvalue weighted by Crippen LogP contribution is -2.38. The molecule has 0 bridgehead atoms. The van der Waals surface area contributed by atoms with Gasteiger partial charge in [-0.1, -0.05) is 26.0 Å². The molecule has 1 unspecified atom stereocenters. The van der Waals surface area contributed by atoms with Crippen LogP contribution in [0.3, 0.4) is 0 Å². The second-order valence-electron chi connectivity index (χ2n) is 5.45. The van der Waals surface area contributed by atoms with E-state index in [1.54, 1.807) is 7.11 Å². The molecule has 0 radical (unpaired) electrons. The van der Waals surface area contributed by atoms with E-state index in [-0.39, 0.29) is 18.7 Å². The van der Waals surface area contributed by atoms with Gasteiger partial charge in [-0.25, -0.2) is 0 Å². The third-order valence-electron chi connectivity index (χ3n) is 3.64. The number of aliphatic hydroxyl groups is 1. The molecule has 110 valence electrons. The zero-order valence-corrected chi connectivity index (χ0v) is 12.5. The molecule has 0 spiro atoms. The first-order valence-electron chi connectivity index (χ1n) is 7.00. The molecule has 0 saturated carbocycles. The van der Waals surface area contributed by atoms with Crippen LogP contribution < -0.4 is 10.1 Å². The van der Waals surface area contributed by atoms with Crippen LogP contribution in [0.1, 0.15) is 32.6 Å². The number of benzene rings is 1. The summed E-state index contributed by atoms with van der Waals surface area (Å²) in [5.74, 6) is 1.95. The Kier molecular flexibility index (Phi) is 4.68. The number of hydrogen-bond donors (Lipinski definition) is 2. The highest BCUT2D eigenvalue weighted by molar-refractivity contribution is 5.83. The Balaban J connectivity index is 2.24. The van der Waals surface area contributed by atoms with Crippen LogP contribution in [0.2, 0.25) is 0 Å². The van der Waals surface area contributed by atoms with Crippen molar-refractivity contribution in [3.63, 3.8) is 0 Å². The van der Waals surface area contributed by atoms with Gasteiger partial charge in [-0.05, 0) is 25.0 Å². The Bertz CT molecular complexity index is 562. The van der Waals surface area contributed by atoms with Crippen molar-refractivity contribution in [3.8, 4) is 5.75 Å². The summed E-state index contributed by atoms with van der Waals surface area (Å²) in [5, 5.41) is 13.8. The van der Waals surface area contributed by atoms with E-state index < -0.39 is 0 Å². The van der Waals surface area contributed by atoms with Gasteiger partial charge in [-0.2, -0.15) is 0 Å². The van der Waals surface area contributed by atoms with Gasteiger partial charge in [0.2, 0.25) is 0 Å². The fourth-order valence-electron chi connectivity index (χ4n) is 2.29. The van der Waals surface area contributed by atoms with Gasteiger partial charge in [0, 0.05) is 11.4 Å². The highest BCUT2D eigenvalue weighted by Gasteiger charge is 2.19. The van der Waals surface area contributed by atoms with Gasteiger partial charge in [-0.3, -0.25) is 0 Å². The van der Waals surface area contributed by atoms with E-state index in [0.29, 0.717) is 5.92 Å². The van der Waals surface area contributed by atoms with Crippen LogP contribution >= 0.6 is 0 Å². The van der Waals surface area contributed by atoms with Gasteiger partial charge in [0.05, 0.1) is 19.8 Å². The number of furan rings is 1. The Labute approximate surface area is 119 Å². The zero-order valence-electron chi connectivity index (χ0n) is 12.5. The Morgan fingerprint density at radius 2 is 2.05 bits per heavy atom. The lowest BCUT2D eigenvalue weighted by Gasteiger charge is -2.23. The maximum atomic E-state index is 9.40. The molecule has 2 aromatic rings. The number of nitrogens with one attached hydrogen (secondary N) is 1. The van der Waals surface area contributed by atoms with Crippen LogP contribution in [-0.4, -0.2) is 24.9 Å². The van der Waals surface area contributed by atoms with Crippen molar-refractivity contribution in [2.45, 2.75) is 32.9 Å². The van der Waals surface area contributed by atoms with E-state index >= 15 is 0 Å². The lowest BCUT2D eigenvalue weighted by molar-refractivity contribution is 0.197. The summed E-state index contributed by atoms with van der Waals surface area (Å²) in [7, 11) is 1.64. The highest BCUT2D eigenvalue weighted by Crippen LogP contribution is 2.31. The van der Waals surface area contributed by atoms with E-state index in [9.17, 15) is 5.11 Å². The van der Waals surface area contributed by atoms with Gasteiger partial charge in [0.25, 0.3) is 0 Å². The van der Waals surface area contributed by atoms with Crippen molar-refractivity contribution in [1.29, 1.82) is 0 Å². The van der Waals surface area contributed by atoms with Crippen molar-refractivity contribution in [2.24, 2.45) is 5.92 Å². The molecule has 4 heteroatoms. The molecule has 0 aliphatic carbocycles. The quantitative estimate of drug-likeness (QED) is 0.852. The number of para-hydroxylation sites is 1. The zero-order chi connectivity index (χ0) is 14.7. The van der Waals surface area contributed by atoms with Crippen molar-refractivity contribution in [1.82, 2.24) is 5.32 Å². The average molecular weight is 277 g/mol. The third kappa shape index (κ3) is 2.97. The van der Waals surface area contributed by atoms with Crippen molar-refractivity contribution < 1.29 is 14.3 Å². The summed E-state index contributed by atoms with van der Waals surface area (Å²) < 4.78 is 11.2. The van der Waals surface area contributed by atoms with Gasteiger partial charge < -0.3 is 19.6 Å². The van der Waals surface area contributed by atoms with Gasteiger partial charge in [0.15, 0.2) is 11.3 Å². The fraction of sp³-hybridized carbons (Fsp3) is 0.500. The maximum absolute atomic E-state index is 9.40. The van der Waals surface area contributed by atoms with Crippen LogP contribution in [0.25, 0.3) is 11.0 Å². The molecule has 1 aromatic heterocycles. The minimum Gasteiger partial charge on any atom is -0.493 e. The molecule has 20 heavy (non-hydrogen) atoms. The van der Waals surface area contributed by atoms with Crippen LogP contribution in [0, 0.1) is 5.92 Å². The summed E-state index contributed by atoms with van der Waals surface area (Å²) in [6, 6.07) is 7.95. The minimum absolute atomic E-state index is 0.0339. The lowest BCUT2D eigenvalue weighted by atomic mass is 10.0. The molecular weight excluding hydrogens is 254 g/mol. The summed E-state index contributed by atoms with van der Waals surface area (Å²) in [4.78, 5) is 0. The van der Waals surface area contributed by atoms with Gasteiger partial charge in [-0.15, -0.1) is 0 Å². The predicted molar refractivity (Wildman–Crippen MR) is 80.0 cm³/mol. The fourth-order valence-corrected chi connectivity index (χ4v) is 2.29. The Morgan fingerprint density at radius 3 is 2.65 bits per heavy atom. The number of aliphatic hydroxyl groups excluding tert-OH is 1. The molecule has 0 fully saturated rings. The van der Waals surface area contributed by atoms with E-state index in [0.717, 1.165) is 22.5 Å². The summed E-state index contributed by atoms with van der Waals surface area (Å²) in [6.45, 7) is 6.32. The summed E-state index contributed by atoms with van der Waals surface area (Å²) in [6.07, 6.45) is 0. The molecular formula is C16H23NO3. The largest absolute Gasteiger partial charge is 0.493 e. The number of fused-ring (bicyclic) bond motifs is 1. The van der Waals surface area contributed by atoms with Crippen LogP contribution in [0.15, 0.2) is 28.7 Å². The number of hydrogen-bond acceptors (Lipinski definition) is 4. The van der Waals surface area contributed by atoms with Crippen molar-refractivity contribution >= 4 is 11.0 Å². The average Bonchev–Trinajstić information content (AvgIpc) is 2.87. The monoisotopic (exact) mass is 277 g/mol. The van der Waals surface area contributed by atoms with Crippen LogP contribution in [0.4, 0.5) is 0 Å². The second-order valence-corrected chi connectivity index (χ2v) is 5.45. The first-order valence-corrected chi connectivity index (χ1v) is 7.00. The predicted octanol–water partition coefficient (Wildman–Crippen LogP) is 3.11. The molecule has 1 aromatic carbocycles. The standard InChI is InChI=1S/C16H23NO3/c1-10(2)13(9-18)17-11(3)15-8-12-6-5-7-14(19-4)16(12)20-15/h5-8,10-11,13,17-18H,9H2,1-4H3/t11?,13-/m1/s1. The molecule has 0 aliphatic heterocycles. The summed E-state index contributed by atoms with van der Waals surface area (Å²) >= 11 is 0. The summed E-state index contributed by atoms with van der Waals surface area (Å²) in [5.41, 5.74) is 0.767. The molecule has 2 atom stereocenters. The van der Waals surface area contributed by atoms with Gasteiger partial charge in [0.1, 0.15) is 5.76 Å². The first kappa shape index (κ1) is 14.9. The molecule has 2 N–H and O–H groups in total. The van der Waals surface area contributed by atoms with Crippen molar-refractivity contribution in [2.75, 3.05) is 13.7 Å². The SMILES string of the molecule is COc1cccc2cc(C(C)N[C@H](CO)C(C)C)oc12. The Morgan fingerprint density at radius 1 is 1.30 bits per heavy atom. The smallest absolute Gasteiger partial charge is 0.176 e. The topological polar surface area (TPSA) is 54.6 Å². The van der Waals surface area contributed by atoms with E-state index in [1.807, 2.05) is 31.2 Å². The normalized spacial score (nSPS) is 14.7. The van der Waals surface area contributed by atoms with E-state index in [1.165, 1.54) is 0 Å². The van der Waals surface area contributed by atoms with Crippen LogP contribution in [0.5, 0.6) is 5.75 Å². The number of ether oxygens (including phenoxy) is 1. The van der Waals surface area contributed by atoms with E-state index in [2.05, 4.69) is 19.2 Å². The minimum atomic E-state index is 0.0339. The second kappa shape index (κ2) is 6.29. The van der Waals surface area contributed by atoms with E-state index in [4.69, 9.17) is 9.15 Å². The van der Waals surface area contributed by atoms with Crippen LogP contribution in [-0.2, 0) is 0 Å². The first-order chi connectivity index (χ1) is 9.56. The van der Waals surface area contributed by atoms with Gasteiger partial charge >= 0.3 is 0 Å².